The number of hydrogen-bond donors (Lipinski definition) is 8. The van der Waals surface area contributed by atoms with Crippen molar-refractivity contribution in [3.05, 3.63) is 34.4 Å². The molecule has 0 aliphatic carbocycles. The summed E-state index contributed by atoms with van der Waals surface area (Å²) in [6.07, 6.45) is -16.6. The minimum Gasteiger partial charge on any atom is -0.462 e. The Morgan fingerprint density at radius 2 is 1.47 bits per heavy atom. The quantitative estimate of drug-likeness (QED) is 0.149. The molecule has 0 radical (unpaired) electrons. The van der Waals surface area contributed by atoms with Crippen LogP contribution in [0.5, 0.6) is 5.75 Å². The molecule has 2 fully saturated rings. The number of nitro groups is 1. The Hall–Kier alpha value is -1.98. The maximum Gasteiger partial charge on any atom is 0.269 e. The van der Waals surface area contributed by atoms with Crippen LogP contribution in [0.15, 0.2) is 24.3 Å². The van der Waals surface area contributed by atoms with Crippen LogP contribution in [0.3, 0.4) is 0 Å². The van der Waals surface area contributed by atoms with Crippen LogP contribution in [0.2, 0.25) is 0 Å². The molecule has 0 bridgehead atoms. The molecule has 1 aromatic rings. The van der Waals surface area contributed by atoms with Crippen molar-refractivity contribution >= 4 is 5.69 Å². The first kappa shape index (κ1) is 24.7. The van der Waals surface area contributed by atoms with Crippen LogP contribution in [0, 0.1) is 10.1 Å². The highest BCUT2D eigenvalue weighted by Gasteiger charge is 2.65. The van der Waals surface area contributed by atoms with Crippen molar-refractivity contribution in [2.45, 2.75) is 60.7 Å². The molecule has 0 unspecified atom stereocenters. The Morgan fingerprint density at radius 3 is 2.00 bits per heavy atom. The fourth-order valence-electron chi connectivity index (χ4n) is 3.79. The molecular formula is C18H25NO13. The Labute approximate surface area is 180 Å². The van der Waals surface area contributed by atoms with Gasteiger partial charge in [-0.1, -0.05) is 0 Å². The number of ether oxygens (including phenoxy) is 3. The summed E-state index contributed by atoms with van der Waals surface area (Å²) in [6, 6.07) is 4.47. The van der Waals surface area contributed by atoms with Crippen LogP contribution in [-0.4, -0.2) is 120 Å². The second-order valence-corrected chi connectivity index (χ2v) is 7.63. The van der Waals surface area contributed by atoms with Gasteiger partial charge in [0, 0.05) is 12.1 Å². The van der Waals surface area contributed by atoms with Crippen LogP contribution in [0.25, 0.3) is 0 Å². The van der Waals surface area contributed by atoms with Gasteiger partial charge in [0.05, 0.1) is 18.1 Å². The number of non-ortho nitro benzene ring substituents is 1. The molecule has 10 atom stereocenters. The minimum absolute atomic E-state index is 0.0936. The Kier molecular flexibility index (Phi) is 7.31. The molecule has 14 heteroatoms. The lowest BCUT2D eigenvalue weighted by Crippen LogP contribution is -2.77. The van der Waals surface area contributed by atoms with E-state index in [4.69, 9.17) is 14.2 Å². The third-order valence-corrected chi connectivity index (χ3v) is 5.67. The van der Waals surface area contributed by atoms with Gasteiger partial charge in [0.2, 0.25) is 6.29 Å². The van der Waals surface area contributed by atoms with E-state index >= 15 is 0 Å². The summed E-state index contributed by atoms with van der Waals surface area (Å²) >= 11 is 0. The third kappa shape index (κ3) is 4.17. The van der Waals surface area contributed by atoms with Gasteiger partial charge in [-0.05, 0) is 12.1 Å². The first-order valence-electron chi connectivity index (χ1n) is 9.62. The second-order valence-electron chi connectivity index (χ2n) is 7.63. The van der Waals surface area contributed by atoms with Gasteiger partial charge < -0.3 is 55.1 Å². The van der Waals surface area contributed by atoms with Crippen LogP contribution in [0.1, 0.15) is 0 Å². The third-order valence-electron chi connectivity index (χ3n) is 5.67. The fraction of sp³-hybridized carbons (Fsp3) is 0.667. The van der Waals surface area contributed by atoms with Crippen LogP contribution >= 0.6 is 0 Å². The molecule has 0 amide bonds. The van der Waals surface area contributed by atoms with E-state index < -0.39 is 78.9 Å². The van der Waals surface area contributed by atoms with E-state index in [2.05, 4.69) is 0 Å². The molecule has 1 aromatic carbocycles. The number of aliphatic hydroxyl groups excluding tert-OH is 7. The van der Waals surface area contributed by atoms with E-state index in [1.807, 2.05) is 0 Å². The lowest BCUT2D eigenvalue weighted by molar-refractivity contribution is -0.385. The predicted molar refractivity (Wildman–Crippen MR) is 100 cm³/mol. The zero-order valence-electron chi connectivity index (χ0n) is 16.5. The van der Waals surface area contributed by atoms with Gasteiger partial charge in [0.25, 0.3) is 5.69 Å². The van der Waals surface area contributed by atoms with Gasteiger partial charge in [-0.25, -0.2) is 0 Å². The highest BCUT2D eigenvalue weighted by molar-refractivity contribution is 5.36. The Bertz CT molecular complexity index is 792. The molecule has 8 N–H and O–H groups in total. The normalized spacial score (nSPS) is 42.4. The molecule has 0 spiro atoms. The maximum atomic E-state index is 11.4. The Morgan fingerprint density at radius 1 is 0.906 bits per heavy atom. The van der Waals surface area contributed by atoms with E-state index in [9.17, 15) is 51.0 Å². The minimum atomic E-state index is -2.80. The van der Waals surface area contributed by atoms with Crippen molar-refractivity contribution in [3.63, 3.8) is 0 Å². The number of aliphatic hydroxyl groups is 8. The molecule has 2 aliphatic rings. The number of rotatable bonds is 6. The first-order chi connectivity index (χ1) is 15.1. The summed E-state index contributed by atoms with van der Waals surface area (Å²) < 4.78 is 16.2. The highest BCUT2D eigenvalue weighted by Crippen LogP contribution is 2.40. The molecule has 2 saturated heterocycles. The molecule has 2 heterocycles. The fourth-order valence-corrected chi connectivity index (χ4v) is 3.79. The summed E-state index contributed by atoms with van der Waals surface area (Å²) in [4.78, 5) is 10.2. The summed E-state index contributed by atoms with van der Waals surface area (Å²) in [5.41, 5.74) is -3.07. The number of hydrogen-bond acceptors (Lipinski definition) is 13. The van der Waals surface area contributed by atoms with Gasteiger partial charge >= 0.3 is 0 Å². The molecule has 2 aliphatic heterocycles. The van der Waals surface area contributed by atoms with Crippen LogP contribution < -0.4 is 4.74 Å². The van der Waals surface area contributed by atoms with Crippen molar-refractivity contribution in [3.8, 4) is 5.75 Å². The standard InChI is InChI=1S/C18H25NO13/c20-5-9-11(22)13(24)14(25)16(31-9)18(27)15(26)12(23)10(6-21)32-17(18)30-8-3-1-7(2-4-8)19(28)29/h1-4,9-17,20-27H,5-6H2/t9-,10-,11+,12-,13+,14-,15+,16-,17+,18+/m1/s1. The van der Waals surface area contributed by atoms with Gasteiger partial charge in [0.15, 0.2) is 5.60 Å². The lowest BCUT2D eigenvalue weighted by Gasteiger charge is -2.54. The van der Waals surface area contributed by atoms with Gasteiger partial charge in [-0.15, -0.1) is 0 Å². The zero-order valence-corrected chi connectivity index (χ0v) is 16.5. The van der Waals surface area contributed by atoms with Crippen LogP contribution in [0.4, 0.5) is 5.69 Å². The summed E-state index contributed by atoms with van der Waals surface area (Å²) in [5.74, 6) is -0.0936. The van der Waals surface area contributed by atoms with E-state index in [0.29, 0.717) is 0 Å². The average Bonchev–Trinajstić information content (AvgIpc) is 2.78. The van der Waals surface area contributed by atoms with Crippen molar-refractivity contribution in [2.24, 2.45) is 0 Å². The topological polar surface area (TPSA) is 233 Å². The molecule has 32 heavy (non-hydrogen) atoms. The molecule has 180 valence electrons. The monoisotopic (exact) mass is 463 g/mol. The van der Waals surface area contributed by atoms with Gasteiger partial charge in [-0.3, -0.25) is 10.1 Å². The summed E-state index contributed by atoms with van der Waals surface area (Å²) in [5, 5.41) is 92.6. The van der Waals surface area contributed by atoms with Crippen LogP contribution in [-0.2, 0) is 9.47 Å². The van der Waals surface area contributed by atoms with Crippen molar-refractivity contribution in [2.75, 3.05) is 13.2 Å². The summed E-state index contributed by atoms with van der Waals surface area (Å²) in [6.45, 7) is -1.63. The summed E-state index contributed by atoms with van der Waals surface area (Å²) in [7, 11) is 0. The van der Waals surface area contributed by atoms with Crippen molar-refractivity contribution in [1.82, 2.24) is 0 Å². The van der Waals surface area contributed by atoms with Gasteiger partial charge in [-0.2, -0.15) is 0 Å². The van der Waals surface area contributed by atoms with E-state index in [1.165, 1.54) is 0 Å². The van der Waals surface area contributed by atoms with E-state index in [1.54, 1.807) is 0 Å². The SMILES string of the molecule is O=[N+]([O-])c1ccc(O[C@H]2O[C@H](CO)[C@@H](O)[C@H](O)[C@]2(O)[C@@H]2O[C@H](CO)[C@H](O)[C@H](O)[C@H]2O)cc1. The van der Waals surface area contributed by atoms with E-state index in [-0.39, 0.29) is 11.4 Å². The van der Waals surface area contributed by atoms with E-state index in [0.717, 1.165) is 24.3 Å². The van der Waals surface area contributed by atoms with Gasteiger partial charge in [0.1, 0.15) is 54.6 Å². The molecule has 0 saturated carbocycles. The number of nitro benzene ring substituents is 1. The molecule has 3 rings (SSSR count). The second kappa shape index (κ2) is 9.48. The van der Waals surface area contributed by atoms with Crippen molar-refractivity contribution < 1.29 is 60.0 Å². The number of benzene rings is 1. The first-order valence-corrected chi connectivity index (χ1v) is 9.62. The lowest BCUT2D eigenvalue weighted by atomic mass is 9.76. The number of nitrogens with zero attached hydrogens (tertiary/aromatic N) is 1. The van der Waals surface area contributed by atoms with Crippen molar-refractivity contribution in [1.29, 1.82) is 0 Å². The Balaban J connectivity index is 1.98. The largest absolute Gasteiger partial charge is 0.462 e. The highest BCUT2D eigenvalue weighted by atomic mass is 16.7. The molecule has 14 nitrogen and oxygen atoms in total. The zero-order chi connectivity index (χ0) is 23.8. The maximum absolute atomic E-state index is 11.4. The molecular weight excluding hydrogens is 438 g/mol. The molecule has 0 aromatic heterocycles. The smallest absolute Gasteiger partial charge is 0.269 e. The average molecular weight is 463 g/mol. The predicted octanol–water partition coefficient (Wildman–Crippen LogP) is -4.01.